The van der Waals surface area contributed by atoms with Crippen LogP contribution in [0.2, 0.25) is 10.0 Å². The Morgan fingerprint density at radius 3 is 2.71 bits per heavy atom. The highest BCUT2D eigenvalue weighted by Gasteiger charge is 2.27. The molecular formula is C14H17Cl2NO3S. The molecule has 1 aliphatic rings. The molecular weight excluding hydrogens is 333 g/mol. The van der Waals surface area contributed by atoms with Crippen molar-refractivity contribution in [3.8, 4) is 0 Å². The largest absolute Gasteiger partial charge is 0.352 e. The maximum Gasteiger partial charge on any atom is 0.252 e. The van der Waals surface area contributed by atoms with Gasteiger partial charge in [-0.05, 0) is 43.4 Å². The standard InChI is InChI=1S/C14H17Cl2NO3S/c15-11-3-4-12(13(16)8-11)14(18)17-6-1-2-10-5-7-21(19,20)9-10/h3-4,8,10H,1-2,5-7,9H2,(H,17,18). The highest BCUT2D eigenvalue weighted by molar-refractivity contribution is 7.91. The van der Waals surface area contributed by atoms with E-state index in [1.165, 1.54) is 6.07 Å². The van der Waals surface area contributed by atoms with Crippen molar-refractivity contribution in [3.05, 3.63) is 33.8 Å². The fraction of sp³-hybridized carbons (Fsp3) is 0.500. The van der Waals surface area contributed by atoms with Crippen LogP contribution in [0, 0.1) is 5.92 Å². The SMILES string of the molecule is O=C(NCCCC1CCS(=O)(=O)C1)c1ccc(Cl)cc1Cl. The van der Waals surface area contributed by atoms with Crippen molar-refractivity contribution < 1.29 is 13.2 Å². The molecule has 0 aliphatic carbocycles. The van der Waals surface area contributed by atoms with Gasteiger partial charge >= 0.3 is 0 Å². The number of sulfone groups is 1. The third kappa shape index (κ3) is 4.87. The second kappa shape index (κ2) is 6.99. The van der Waals surface area contributed by atoms with E-state index in [1.54, 1.807) is 12.1 Å². The Bertz CT molecular complexity index is 631. The van der Waals surface area contributed by atoms with E-state index in [9.17, 15) is 13.2 Å². The summed E-state index contributed by atoms with van der Waals surface area (Å²) in [5.74, 6) is 0.565. The molecule has 1 heterocycles. The average Bonchev–Trinajstić information content (AvgIpc) is 2.74. The van der Waals surface area contributed by atoms with Crippen molar-refractivity contribution in [2.75, 3.05) is 18.1 Å². The van der Waals surface area contributed by atoms with Crippen molar-refractivity contribution in [1.82, 2.24) is 5.32 Å². The summed E-state index contributed by atoms with van der Waals surface area (Å²) in [7, 11) is -2.82. The topological polar surface area (TPSA) is 63.2 Å². The van der Waals surface area contributed by atoms with Crippen molar-refractivity contribution in [3.63, 3.8) is 0 Å². The summed E-state index contributed by atoms with van der Waals surface area (Å²) in [6.07, 6.45) is 2.31. The minimum Gasteiger partial charge on any atom is -0.352 e. The average molecular weight is 350 g/mol. The van der Waals surface area contributed by atoms with Gasteiger partial charge in [0.2, 0.25) is 0 Å². The second-order valence-corrected chi connectivity index (χ2v) is 8.36. The molecule has 1 amide bonds. The molecule has 0 radical (unpaired) electrons. The summed E-state index contributed by atoms with van der Waals surface area (Å²) in [5, 5.41) is 3.59. The first-order valence-corrected chi connectivity index (χ1v) is 9.39. The third-order valence-electron chi connectivity index (χ3n) is 3.58. The summed E-state index contributed by atoms with van der Waals surface area (Å²) >= 11 is 11.7. The number of carbonyl (C=O) groups is 1. The van der Waals surface area contributed by atoms with Gasteiger partial charge in [-0.3, -0.25) is 4.79 Å². The van der Waals surface area contributed by atoms with Crippen molar-refractivity contribution >= 4 is 38.9 Å². The van der Waals surface area contributed by atoms with E-state index < -0.39 is 9.84 Å². The van der Waals surface area contributed by atoms with Crippen molar-refractivity contribution in [2.45, 2.75) is 19.3 Å². The number of hydrogen-bond acceptors (Lipinski definition) is 3. The van der Waals surface area contributed by atoms with Crippen LogP contribution in [-0.2, 0) is 9.84 Å². The van der Waals surface area contributed by atoms with Crippen LogP contribution in [0.4, 0.5) is 0 Å². The first kappa shape index (κ1) is 16.6. The zero-order valence-corrected chi connectivity index (χ0v) is 13.8. The number of amides is 1. The zero-order chi connectivity index (χ0) is 15.5. The molecule has 1 atom stereocenters. The van der Waals surface area contributed by atoms with Gasteiger partial charge in [0.05, 0.1) is 22.1 Å². The Morgan fingerprint density at radius 1 is 1.33 bits per heavy atom. The van der Waals surface area contributed by atoms with E-state index in [1.807, 2.05) is 0 Å². The lowest BCUT2D eigenvalue weighted by Gasteiger charge is -2.09. The molecule has 2 rings (SSSR count). The molecule has 1 fully saturated rings. The summed E-state index contributed by atoms with van der Waals surface area (Å²) in [4.78, 5) is 11.9. The molecule has 0 bridgehead atoms. The molecule has 1 N–H and O–H groups in total. The Kier molecular flexibility index (Phi) is 5.52. The van der Waals surface area contributed by atoms with Crippen LogP contribution in [0.15, 0.2) is 18.2 Å². The van der Waals surface area contributed by atoms with Gasteiger partial charge in [0.15, 0.2) is 9.84 Å². The fourth-order valence-corrected chi connectivity index (χ4v) is 4.87. The van der Waals surface area contributed by atoms with E-state index in [4.69, 9.17) is 23.2 Å². The lowest BCUT2D eigenvalue weighted by molar-refractivity contribution is 0.0952. The Balaban J connectivity index is 1.75. The van der Waals surface area contributed by atoms with Crippen LogP contribution in [0.1, 0.15) is 29.6 Å². The highest BCUT2D eigenvalue weighted by Crippen LogP contribution is 2.23. The number of carbonyl (C=O) groups excluding carboxylic acids is 1. The van der Waals surface area contributed by atoms with Crippen LogP contribution in [0.5, 0.6) is 0 Å². The number of halogens is 2. The third-order valence-corrected chi connectivity index (χ3v) is 5.96. The molecule has 4 nitrogen and oxygen atoms in total. The highest BCUT2D eigenvalue weighted by atomic mass is 35.5. The fourth-order valence-electron chi connectivity index (χ4n) is 2.46. The van der Waals surface area contributed by atoms with Gasteiger partial charge in [0, 0.05) is 11.6 Å². The predicted octanol–water partition coefficient (Wildman–Crippen LogP) is 2.94. The molecule has 0 saturated carbocycles. The number of benzene rings is 1. The van der Waals surface area contributed by atoms with E-state index in [0.717, 1.165) is 19.3 Å². The predicted molar refractivity (Wildman–Crippen MR) is 84.8 cm³/mol. The Labute approximate surface area is 134 Å². The van der Waals surface area contributed by atoms with Crippen LogP contribution in [-0.4, -0.2) is 32.4 Å². The normalized spacial score (nSPS) is 20.4. The van der Waals surface area contributed by atoms with E-state index in [-0.39, 0.29) is 17.6 Å². The van der Waals surface area contributed by atoms with Crippen LogP contribution < -0.4 is 5.32 Å². The van der Waals surface area contributed by atoms with Gasteiger partial charge in [-0.2, -0.15) is 0 Å². The summed E-state index contributed by atoms with van der Waals surface area (Å²) in [5.41, 5.74) is 0.393. The van der Waals surface area contributed by atoms with Gasteiger partial charge in [0.1, 0.15) is 0 Å². The monoisotopic (exact) mass is 349 g/mol. The lowest BCUT2D eigenvalue weighted by Crippen LogP contribution is -2.25. The second-order valence-electron chi connectivity index (χ2n) is 5.29. The number of hydrogen-bond donors (Lipinski definition) is 1. The van der Waals surface area contributed by atoms with E-state index in [0.29, 0.717) is 27.9 Å². The van der Waals surface area contributed by atoms with Gasteiger partial charge in [0.25, 0.3) is 5.91 Å². The number of rotatable bonds is 5. The van der Waals surface area contributed by atoms with Crippen LogP contribution in [0.25, 0.3) is 0 Å². The van der Waals surface area contributed by atoms with Crippen molar-refractivity contribution in [2.24, 2.45) is 5.92 Å². The summed E-state index contributed by atoms with van der Waals surface area (Å²) in [6.45, 7) is 0.508. The Hall–Kier alpha value is -0.780. The molecule has 116 valence electrons. The van der Waals surface area contributed by atoms with Gasteiger partial charge < -0.3 is 5.32 Å². The molecule has 1 aromatic rings. The lowest BCUT2D eigenvalue weighted by atomic mass is 10.0. The van der Waals surface area contributed by atoms with Gasteiger partial charge in [-0.15, -0.1) is 0 Å². The van der Waals surface area contributed by atoms with Crippen molar-refractivity contribution in [1.29, 1.82) is 0 Å². The van der Waals surface area contributed by atoms with Gasteiger partial charge in [-0.25, -0.2) is 8.42 Å². The van der Waals surface area contributed by atoms with Crippen LogP contribution >= 0.6 is 23.2 Å². The quantitative estimate of drug-likeness (QED) is 0.831. The first-order chi connectivity index (χ1) is 9.87. The first-order valence-electron chi connectivity index (χ1n) is 6.81. The minimum absolute atomic E-state index is 0.228. The molecule has 7 heteroatoms. The van der Waals surface area contributed by atoms with Crippen LogP contribution in [0.3, 0.4) is 0 Å². The minimum atomic E-state index is -2.82. The van der Waals surface area contributed by atoms with E-state index in [2.05, 4.69) is 5.32 Å². The van der Waals surface area contributed by atoms with E-state index >= 15 is 0 Å². The summed E-state index contributed by atoms with van der Waals surface area (Å²) < 4.78 is 22.7. The molecule has 1 aliphatic heterocycles. The molecule has 0 aromatic heterocycles. The number of nitrogens with one attached hydrogen (secondary N) is 1. The Morgan fingerprint density at radius 2 is 2.10 bits per heavy atom. The van der Waals surface area contributed by atoms with Gasteiger partial charge in [-0.1, -0.05) is 23.2 Å². The molecule has 1 unspecified atom stereocenters. The molecule has 1 saturated heterocycles. The molecule has 1 aromatic carbocycles. The maximum atomic E-state index is 11.9. The maximum absolute atomic E-state index is 11.9. The smallest absolute Gasteiger partial charge is 0.252 e. The summed E-state index contributed by atoms with van der Waals surface area (Å²) in [6, 6.07) is 4.73. The molecule has 0 spiro atoms. The molecule has 21 heavy (non-hydrogen) atoms. The zero-order valence-electron chi connectivity index (χ0n) is 11.4.